The number of rotatable bonds is 26. The van der Waals surface area contributed by atoms with Crippen molar-refractivity contribution in [1.29, 1.82) is 0 Å². The maximum absolute atomic E-state index is 6.27. The number of unbranched alkanes of at least 4 members (excludes halogenated alkanes) is 12. The van der Waals surface area contributed by atoms with Crippen LogP contribution in [0.15, 0.2) is 176 Å². The Morgan fingerprint density at radius 2 is 0.500 bits per heavy atom. The van der Waals surface area contributed by atoms with Gasteiger partial charge in [0, 0.05) is 90.3 Å². The smallest absolute Gasteiger partial charge is 0.121 e. The van der Waals surface area contributed by atoms with Crippen LogP contribution in [0.25, 0.3) is 22.8 Å². The van der Waals surface area contributed by atoms with Gasteiger partial charge in [0.2, 0.25) is 0 Å². The highest BCUT2D eigenvalue weighted by Gasteiger charge is 2.09. The third-order valence-corrected chi connectivity index (χ3v) is 15.7. The molecule has 486 valence electrons. The summed E-state index contributed by atoms with van der Waals surface area (Å²) in [5.74, 6) is 48.2. The lowest BCUT2D eigenvalue weighted by Gasteiger charge is -2.07. The highest BCUT2D eigenvalue weighted by Crippen LogP contribution is 2.25. The van der Waals surface area contributed by atoms with E-state index in [1.165, 1.54) is 38.5 Å². The molecule has 98 heavy (non-hydrogen) atoms. The summed E-state index contributed by atoms with van der Waals surface area (Å²) in [5, 5.41) is 0. The highest BCUT2D eigenvalue weighted by molar-refractivity contribution is 5.64. The van der Waals surface area contributed by atoms with Crippen molar-refractivity contribution in [3.8, 4) is 142 Å². The van der Waals surface area contributed by atoms with E-state index in [1.54, 1.807) is 12.4 Å². The molecule has 6 aromatic carbocycles. The van der Waals surface area contributed by atoms with Gasteiger partial charge in [0.15, 0.2) is 0 Å². The van der Waals surface area contributed by atoms with Gasteiger partial charge in [0.1, 0.15) is 23.0 Å². The van der Waals surface area contributed by atoms with Gasteiger partial charge < -0.3 is 18.9 Å². The number of terminal acetylenes is 2. The third-order valence-electron chi connectivity index (χ3n) is 15.7. The number of benzene rings is 6. The van der Waals surface area contributed by atoms with Crippen molar-refractivity contribution in [2.75, 3.05) is 26.4 Å². The zero-order chi connectivity index (χ0) is 68.2. The molecule has 0 N–H and O–H groups in total. The molecule has 7 heteroatoms. The van der Waals surface area contributed by atoms with E-state index in [0.717, 1.165) is 165 Å². The average Bonchev–Trinajstić information content (AvgIpc) is 1.22. The van der Waals surface area contributed by atoms with Gasteiger partial charge in [-0.25, -0.2) is 4.98 Å². The Bertz CT molecular complexity index is 4320. The fourth-order valence-electron chi connectivity index (χ4n) is 10.3. The molecule has 9 rings (SSSR count). The number of aromatic nitrogens is 3. The molecule has 0 aliphatic carbocycles. The van der Waals surface area contributed by atoms with E-state index in [-0.39, 0.29) is 0 Å². The molecule has 0 bridgehead atoms. The first-order chi connectivity index (χ1) is 48.2. The molecular weight excluding hydrogens is 1200 g/mol. The SMILES string of the molecule is C#Cc1cc(C#Cc2ccc(C#Cc3cc(C#Cc4ccc(-c5cccc(-c6ccc(C#Cc7cc(C#Cc8ccc(C#Cc9cc(C#C)cc(OCCCCCC)c9)cc8)cc(OCCCCCC)c7)cn6)n5)nc4)cc(OCCCCCC)c3)cc2)cc(OCCCCCC)c1. The van der Waals surface area contributed by atoms with Crippen LogP contribution in [0.1, 0.15) is 208 Å². The van der Waals surface area contributed by atoms with Crippen molar-refractivity contribution in [3.05, 3.63) is 254 Å². The molecule has 0 aliphatic rings. The minimum absolute atomic E-state index is 0.619. The van der Waals surface area contributed by atoms with E-state index in [0.29, 0.717) is 49.2 Å². The van der Waals surface area contributed by atoms with Crippen molar-refractivity contribution in [2.45, 2.75) is 130 Å². The maximum atomic E-state index is 6.27. The molecule has 0 saturated carbocycles. The van der Waals surface area contributed by atoms with Crippen molar-refractivity contribution in [3.63, 3.8) is 0 Å². The molecule has 0 fully saturated rings. The Balaban J connectivity index is 0.844. The van der Waals surface area contributed by atoms with Crippen LogP contribution in [0.2, 0.25) is 0 Å². The summed E-state index contributed by atoms with van der Waals surface area (Å²) in [6.07, 6.45) is 33.0. The van der Waals surface area contributed by atoms with E-state index >= 15 is 0 Å². The largest absolute Gasteiger partial charge is 0.494 e. The predicted octanol–water partition coefficient (Wildman–Crippen LogP) is 19.4. The third kappa shape index (κ3) is 24.0. The average molecular weight is 1280 g/mol. The molecule has 3 aromatic heterocycles. The molecule has 0 unspecified atom stereocenters. The first-order valence-electron chi connectivity index (χ1n) is 34.5. The molecule has 0 spiro atoms. The van der Waals surface area contributed by atoms with Gasteiger partial charge in [-0.15, -0.1) is 12.8 Å². The van der Waals surface area contributed by atoms with E-state index in [1.807, 2.05) is 164 Å². The molecular formula is C91H83N3O4. The van der Waals surface area contributed by atoms with Gasteiger partial charge in [-0.05, 0) is 183 Å². The van der Waals surface area contributed by atoms with E-state index in [2.05, 4.69) is 111 Å². The van der Waals surface area contributed by atoms with Crippen LogP contribution in [-0.4, -0.2) is 41.4 Å². The normalized spacial score (nSPS) is 10.1. The van der Waals surface area contributed by atoms with Crippen LogP contribution in [0.4, 0.5) is 0 Å². The minimum atomic E-state index is 0.619. The first kappa shape index (κ1) is 70.8. The summed E-state index contributed by atoms with van der Waals surface area (Å²) in [7, 11) is 0. The molecule has 9 aromatic rings. The lowest BCUT2D eigenvalue weighted by molar-refractivity contribution is 0.305. The summed E-state index contributed by atoms with van der Waals surface area (Å²) >= 11 is 0. The van der Waals surface area contributed by atoms with Gasteiger partial charge in [-0.1, -0.05) is 194 Å². The zero-order valence-corrected chi connectivity index (χ0v) is 57.0. The quantitative estimate of drug-likeness (QED) is 0.0395. The molecule has 0 aliphatic heterocycles. The van der Waals surface area contributed by atoms with Gasteiger partial charge in [-0.3, -0.25) is 9.97 Å². The molecule has 0 saturated heterocycles. The van der Waals surface area contributed by atoms with E-state index < -0.39 is 0 Å². The fourth-order valence-corrected chi connectivity index (χ4v) is 10.3. The van der Waals surface area contributed by atoms with Gasteiger partial charge in [0.25, 0.3) is 0 Å². The van der Waals surface area contributed by atoms with E-state index in [9.17, 15) is 0 Å². The second-order valence-corrected chi connectivity index (χ2v) is 23.8. The van der Waals surface area contributed by atoms with Crippen molar-refractivity contribution in [2.24, 2.45) is 0 Å². The highest BCUT2D eigenvalue weighted by atomic mass is 16.5. The van der Waals surface area contributed by atoms with Crippen LogP contribution >= 0.6 is 0 Å². The summed E-state index contributed by atoms with van der Waals surface area (Å²) in [4.78, 5) is 14.5. The van der Waals surface area contributed by atoms with Crippen LogP contribution in [0.3, 0.4) is 0 Å². The molecule has 3 heterocycles. The number of hydrogen-bond donors (Lipinski definition) is 0. The van der Waals surface area contributed by atoms with Crippen LogP contribution < -0.4 is 18.9 Å². The molecule has 0 amide bonds. The van der Waals surface area contributed by atoms with Gasteiger partial charge in [0.05, 0.1) is 49.2 Å². The summed E-state index contributed by atoms with van der Waals surface area (Å²) in [6, 6.07) is 52.9. The minimum Gasteiger partial charge on any atom is -0.494 e. The number of pyridine rings is 3. The van der Waals surface area contributed by atoms with Crippen molar-refractivity contribution < 1.29 is 18.9 Å². The number of nitrogens with zero attached hydrogens (tertiary/aromatic N) is 3. The number of ether oxygens (including phenoxy) is 4. The molecule has 0 radical (unpaired) electrons. The van der Waals surface area contributed by atoms with Crippen molar-refractivity contribution in [1.82, 2.24) is 15.0 Å². The Kier molecular flexibility index (Phi) is 28.4. The summed E-state index contributed by atoms with van der Waals surface area (Å²) in [5.41, 5.74) is 14.1. The monoisotopic (exact) mass is 1280 g/mol. The Labute approximate surface area is 583 Å². The van der Waals surface area contributed by atoms with E-state index in [4.69, 9.17) is 46.7 Å². The fraction of sp³-hybridized carbons (Fsp3) is 0.264. The lowest BCUT2D eigenvalue weighted by atomic mass is 10.1. The summed E-state index contributed by atoms with van der Waals surface area (Å²) < 4.78 is 24.6. The molecule has 0 atom stereocenters. The topological polar surface area (TPSA) is 75.6 Å². The molecule has 7 nitrogen and oxygen atoms in total. The second-order valence-electron chi connectivity index (χ2n) is 23.8. The lowest BCUT2D eigenvalue weighted by Crippen LogP contribution is -1.98. The predicted molar refractivity (Wildman–Crippen MR) is 400 cm³/mol. The second kappa shape index (κ2) is 39.3. The van der Waals surface area contributed by atoms with Gasteiger partial charge in [-0.2, -0.15) is 0 Å². The first-order valence-corrected chi connectivity index (χ1v) is 34.5. The van der Waals surface area contributed by atoms with Crippen LogP contribution in [0, 0.1) is 95.7 Å². The Morgan fingerprint density at radius 3 is 0.755 bits per heavy atom. The van der Waals surface area contributed by atoms with Crippen LogP contribution in [0.5, 0.6) is 23.0 Å². The number of hydrogen-bond acceptors (Lipinski definition) is 7. The Morgan fingerprint density at radius 1 is 0.255 bits per heavy atom. The standard InChI is InChI=1S/C91H83N3O4/c1-7-13-17-21-52-95-84-60-70(11-5)56-78(62-84)42-36-72-28-32-74(33-29-72)38-44-80-58-82(66-86(64-80)97-54-23-19-15-9-3)46-40-76-48-50-88(92-68-76)90-26-25-27-91(94-90)89-51-49-77(69-93-89)41-47-83-59-81(65-87(67-83)98-55-24-20-16-10-4)45-39-75-34-30-73(31-35-75)37-43-79-57-71(12-6)61-85(63-79)96-53-22-18-14-8-2/h5-6,25-35,48-51,56-69H,7-10,13-24,52-55H2,1-4H3. The Hall–Kier alpha value is -11.6. The van der Waals surface area contributed by atoms with Crippen LogP contribution in [-0.2, 0) is 0 Å². The maximum Gasteiger partial charge on any atom is 0.121 e. The summed E-state index contributed by atoms with van der Waals surface area (Å²) in [6.45, 7) is 11.4. The zero-order valence-electron chi connectivity index (χ0n) is 57.0. The van der Waals surface area contributed by atoms with Gasteiger partial charge >= 0.3 is 0 Å². The van der Waals surface area contributed by atoms with Crippen molar-refractivity contribution >= 4 is 0 Å².